The summed E-state index contributed by atoms with van der Waals surface area (Å²) < 4.78 is 0. The minimum absolute atomic E-state index is 0.312. The fourth-order valence-electron chi connectivity index (χ4n) is 0.994. The van der Waals surface area contributed by atoms with Crippen molar-refractivity contribution in [2.45, 2.75) is 19.5 Å². The van der Waals surface area contributed by atoms with Crippen LogP contribution >= 0.6 is 0 Å². The van der Waals surface area contributed by atoms with Gasteiger partial charge in [-0.25, -0.2) is 4.79 Å². The Kier molecular flexibility index (Phi) is 4.26. The molecule has 0 radical (unpaired) electrons. The number of urea groups is 1. The number of amides is 2. The summed E-state index contributed by atoms with van der Waals surface area (Å²) in [6, 6.07) is 2.15. The van der Waals surface area contributed by atoms with Crippen molar-refractivity contribution in [3.05, 3.63) is 30.1 Å². The second kappa shape index (κ2) is 5.69. The molecule has 0 saturated heterocycles. The van der Waals surface area contributed by atoms with E-state index in [1.54, 1.807) is 18.5 Å². The van der Waals surface area contributed by atoms with Crippen molar-refractivity contribution in [1.82, 2.24) is 15.6 Å². The Morgan fingerprint density at radius 3 is 2.88 bits per heavy atom. The molecule has 1 aromatic heterocycles. The van der Waals surface area contributed by atoms with Crippen LogP contribution in [0.15, 0.2) is 24.5 Å². The molecule has 6 heteroatoms. The highest BCUT2D eigenvalue weighted by atomic mass is 16.4. The van der Waals surface area contributed by atoms with Crippen molar-refractivity contribution in [1.29, 1.82) is 0 Å². The second-order valence-electron chi connectivity index (χ2n) is 3.25. The third kappa shape index (κ3) is 3.95. The zero-order chi connectivity index (χ0) is 12.0. The van der Waals surface area contributed by atoms with Crippen LogP contribution in [0.3, 0.4) is 0 Å². The molecule has 0 aliphatic rings. The summed E-state index contributed by atoms with van der Waals surface area (Å²) in [5, 5.41) is 13.4. The summed E-state index contributed by atoms with van der Waals surface area (Å²) in [4.78, 5) is 25.6. The molecular weight excluding hydrogens is 210 g/mol. The van der Waals surface area contributed by atoms with Crippen molar-refractivity contribution in [2.24, 2.45) is 0 Å². The molecule has 0 bridgehead atoms. The number of aromatic nitrogens is 1. The van der Waals surface area contributed by atoms with E-state index in [-0.39, 0.29) is 0 Å². The predicted molar refractivity (Wildman–Crippen MR) is 56.7 cm³/mol. The summed E-state index contributed by atoms with van der Waals surface area (Å²) in [7, 11) is 0. The molecule has 0 aliphatic carbocycles. The van der Waals surface area contributed by atoms with Gasteiger partial charge in [-0.2, -0.15) is 0 Å². The summed E-state index contributed by atoms with van der Waals surface area (Å²) in [6.07, 6.45) is 3.26. The van der Waals surface area contributed by atoms with Crippen molar-refractivity contribution in [3.63, 3.8) is 0 Å². The zero-order valence-electron chi connectivity index (χ0n) is 8.80. The molecule has 86 valence electrons. The van der Waals surface area contributed by atoms with Gasteiger partial charge in [0.05, 0.1) is 0 Å². The van der Waals surface area contributed by atoms with Crippen LogP contribution in [0, 0.1) is 0 Å². The predicted octanol–water partition coefficient (Wildman–Crippen LogP) is 0.354. The standard InChI is InChI=1S/C10H13N3O3/c1-7(9(14)15)13-10(16)12-6-8-3-2-4-11-5-8/h2-5,7H,6H2,1H3,(H,14,15)(H2,12,13,16)/t7-/m1/s1. The molecule has 0 unspecified atom stereocenters. The van der Waals surface area contributed by atoms with Gasteiger partial charge in [0.2, 0.25) is 0 Å². The van der Waals surface area contributed by atoms with E-state index in [4.69, 9.17) is 5.11 Å². The maximum Gasteiger partial charge on any atom is 0.325 e. The van der Waals surface area contributed by atoms with Crippen molar-refractivity contribution < 1.29 is 14.7 Å². The Balaban J connectivity index is 2.33. The molecule has 3 N–H and O–H groups in total. The van der Waals surface area contributed by atoms with Crippen LogP contribution in [-0.4, -0.2) is 28.1 Å². The minimum atomic E-state index is -1.07. The zero-order valence-corrected chi connectivity index (χ0v) is 8.80. The van der Waals surface area contributed by atoms with E-state index in [0.717, 1.165) is 5.56 Å². The second-order valence-corrected chi connectivity index (χ2v) is 3.25. The summed E-state index contributed by atoms with van der Waals surface area (Å²) in [6.45, 7) is 1.71. The van der Waals surface area contributed by atoms with Gasteiger partial charge >= 0.3 is 12.0 Å². The highest BCUT2D eigenvalue weighted by Gasteiger charge is 2.12. The maximum atomic E-state index is 11.2. The van der Waals surface area contributed by atoms with Gasteiger partial charge in [-0.15, -0.1) is 0 Å². The first-order valence-corrected chi connectivity index (χ1v) is 4.75. The smallest absolute Gasteiger partial charge is 0.325 e. The number of carboxylic acids is 1. The van der Waals surface area contributed by atoms with E-state index in [9.17, 15) is 9.59 Å². The Morgan fingerprint density at radius 1 is 1.56 bits per heavy atom. The number of pyridine rings is 1. The number of hydrogen-bond acceptors (Lipinski definition) is 3. The summed E-state index contributed by atoms with van der Waals surface area (Å²) in [5.74, 6) is -1.07. The van der Waals surface area contributed by atoms with Gasteiger partial charge < -0.3 is 15.7 Å². The number of nitrogens with one attached hydrogen (secondary N) is 2. The molecule has 1 rings (SSSR count). The van der Waals surface area contributed by atoms with Crippen LogP contribution in [0.25, 0.3) is 0 Å². The molecule has 0 spiro atoms. The molecule has 1 atom stereocenters. The molecule has 0 fully saturated rings. The molecule has 0 aromatic carbocycles. The van der Waals surface area contributed by atoms with Gasteiger partial charge in [0, 0.05) is 18.9 Å². The number of aliphatic carboxylic acids is 1. The minimum Gasteiger partial charge on any atom is -0.480 e. The first kappa shape index (κ1) is 12.0. The molecule has 16 heavy (non-hydrogen) atoms. The highest BCUT2D eigenvalue weighted by Crippen LogP contribution is 1.94. The van der Waals surface area contributed by atoms with Crippen LogP contribution in [0.5, 0.6) is 0 Å². The van der Waals surface area contributed by atoms with E-state index < -0.39 is 18.0 Å². The Labute approximate surface area is 92.7 Å². The fourth-order valence-corrected chi connectivity index (χ4v) is 0.994. The third-order valence-electron chi connectivity index (χ3n) is 1.89. The van der Waals surface area contributed by atoms with Gasteiger partial charge in [-0.05, 0) is 18.6 Å². The van der Waals surface area contributed by atoms with E-state index in [2.05, 4.69) is 15.6 Å². The number of rotatable bonds is 4. The van der Waals surface area contributed by atoms with Crippen LogP contribution < -0.4 is 10.6 Å². The van der Waals surface area contributed by atoms with E-state index in [1.807, 2.05) is 6.07 Å². The van der Waals surface area contributed by atoms with E-state index in [0.29, 0.717) is 6.54 Å². The third-order valence-corrected chi connectivity index (χ3v) is 1.89. The van der Waals surface area contributed by atoms with Gasteiger partial charge in [0.15, 0.2) is 0 Å². The molecule has 2 amide bonds. The largest absolute Gasteiger partial charge is 0.480 e. The molecule has 0 saturated carbocycles. The molecule has 6 nitrogen and oxygen atoms in total. The quantitative estimate of drug-likeness (QED) is 0.687. The van der Waals surface area contributed by atoms with E-state index in [1.165, 1.54) is 6.92 Å². The first-order valence-electron chi connectivity index (χ1n) is 4.75. The van der Waals surface area contributed by atoms with Crippen molar-refractivity contribution in [3.8, 4) is 0 Å². The van der Waals surface area contributed by atoms with Gasteiger partial charge in [0.25, 0.3) is 0 Å². The van der Waals surface area contributed by atoms with Crippen LogP contribution in [0.4, 0.5) is 4.79 Å². The van der Waals surface area contributed by atoms with Crippen molar-refractivity contribution >= 4 is 12.0 Å². The maximum absolute atomic E-state index is 11.2. The van der Waals surface area contributed by atoms with Gasteiger partial charge in [-0.1, -0.05) is 6.07 Å². The van der Waals surface area contributed by atoms with Crippen LogP contribution in [-0.2, 0) is 11.3 Å². The van der Waals surface area contributed by atoms with Gasteiger partial charge in [0.1, 0.15) is 6.04 Å². The Bertz CT molecular complexity index is 367. The lowest BCUT2D eigenvalue weighted by atomic mass is 10.3. The average molecular weight is 223 g/mol. The average Bonchev–Trinajstić information content (AvgIpc) is 2.27. The lowest BCUT2D eigenvalue weighted by Crippen LogP contribution is -2.44. The van der Waals surface area contributed by atoms with E-state index >= 15 is 0 Å². The lowest BCUT2D eigenvalue weighted by molar-refractivity contribution is -0.138. The summed E-state index contributed by atoms with van der Waals surface area (Å²) in [5.41, 5.74) is 0.848. The normalized spacial score (nSPS) is 11.6. The lowest BCUT2D eigenvalue weighted by Gasteiger charge is -2.10. The van der Waals surface area contributed by atoms with Crippen LogP contribution in [0.1, 0.15) is 12.5 Å². The fraction of sp³-hybridized carbons (Fsp3) is 0.300. The number of nitrogens with zero attached hydrogens (tertiary/aromatic N) is 1. The Morgan fingerprint density at radius 2 is 2.31 bits per heavy atom. The van der Waals surface area contributed by atoms with Crippen molar-refractivity contribution in [2.75, 3.05) is 0 Å². The number of carbonyl (C=O) groups is 2. The number of carboxylic acid groups (broad SMARTS) is 1. The summed E-state index contributed by atoms with van der Waals surface area (Å²) >= 11 is 0. The molecular formula is C10H13N3O3. The van der Waals surface area contributed by atoms with Crippen LogP contribution in [0.2, 0.25) is 0 Å². The monoisotopic (exact) mass is 223 g/mol. The first-order chi connectivity index (χ1) is 7.59. The number of carbonyl (C=O) groups excluding carboxylic acids is 1. The molecule has 1 aromatic rings. The van der Waals surface area contributed by atoms with Gasteiger partial charge in [-0.3, -0.25) is 9.78 Å². The number of hydrogen-bond donors (Lipinski definition) is 3. The molecule has 1 heterocycles. The SMILES string of the molecule is C[C@@H](NC(=O)NCc1cccnc1)C(=O)O. The Hall–Kier alpha value is -2.11. The topological polar surface area (TPSA) is 91.3 Å². The molecule has 0 aliphatic heterocycles. The highest BCUT2D eigenvalue weighted by molar-refractivity contribution is 5.82.